The van der Waals surface area contributed by atoms with Crippen LogP contribution >= 0.6 is 0 Å². The molecule has 0 atom stereocenters. The molecule has 5 nitrogen and oxygen atoms in total. The van der Waals surface area contributed by atoms with Gasteiger partial charge in [0, 0.05) is 19.6 Å². The van der Waals surface area contributed by atoms with Crippen LogP contribution in [0.2, 0.25) is 0 Å². The summed E-state index contributed by atoms with van der Waals surface area (Å²) in [7, 11) is 0. The first-order valence-corrected chi connectivity index (χ1v) is 10.1. The predicted octanol–water partition coefficient (Wildman–Crippen LogP) is 4.75. The second-order valence-electron chi connectivity index (χ2n) is 7.51. The van der Waals surface area contributed by atoms with E-state index in [0.717, 1.165) is 13.1 Å². The first-order valence-electron chi connectivity index (χ1n) is 10.1. The van der Waals surface area contributed by atoms with Crippen LogP contribution in [-0.2, 0) is 19.6 Å². The van der Waals surface area contributed by atoms with Gasteiger partial charge >= 0.3 is 0 Å². The molecule has 3 aromatic rings. The summed E-state index contributed by atoms with van der Waals surface area (Å²) in [6.45, 7) is 8.91. The first kappa shape index (κ1) is 20.8. The fraction of sp³-hybridized carbons (Fsp3) is 0.333. The van der Waals surface area contributed by atoms with Crippen molar-refractivity contribution in [1.29, 1.82) is 0 Å². The van der Waals surface area contributed by atoms with Crippen LogP contribution < -0.4 is 5.32 Å². The lowest BCUT2D eigenvalue weighted by Crippen LogP contribution is -2.24. The van der Waals surface area contributed by atoms with Gasteiger partial charge in [-0.25, -0.2) is 4.98 Å². The van der Waals surface area contributed by atoms with Crippen LogP contribution in [0, 0.1) is 0 Å². The van der Waals surface area contributed by atoms with E-state index in [4.69, 9.17) is 4.42 Å². The molecule has 0 radical (unpaired) electrons. The molecule has 5 heteroatoms. The number of hydrogen-bond acceptors (Lipinski definition) is 4. The monoisotopic (exact) mass is 391 g/mol. The van der Waals surface area contributed by atoms with E-state index in [1.807, 2.05) is 25.1 Å². The summed E-state index contributed by atoms with van der Waals surface area (Å²) in [5, 5.41) is 2.75. The molecule has 1 amide bonds. The van der Waals surface area contributed by atoms with Crippen LogP contribution in [0.25, 0.3) is 0 Å². The van der Waals surface area contributed by atoms with Crippen molar-refractivity contribution < 1.29 is 9.21 Å². The summed E-state index contributed by atoms with van der Waals surface area (Å²) in [4.78, 5) is 18.6. The molecule has 0 saturated carbocycles. The van der Waals surface area contributed by atoms with Gasteiger partial charge in [-0.3, -0.25) is 9.69 Å². The topological polar surface area (TPSA) is 58.4 Å². The minimum Gasteiger partial charge on any atom is -0.447 e. The number of rotatable bonds is 9. The Kier molecular flexibility index (Phi) is 7.19. The maximum atomic E-state index is 12.0. The van der Waals surface area contributed by atoms with Gasteiger partial charge in [0.15, 0.2) is 5.69 Å². The van der Waals surface area contributed by atoms with Crippen molar-refractivity contribution in [3.8, 4) is 0 Å². The summed E-state index contributed by atoms with van der Waals surface area (Å²) < 4.78 is 5.57. The molecule has 152 valence electrons. The molecule has 29 heavy (non-hydrogen) atoms. The number of hydrogen-bond donors (Lipinski definition) is 1. The van der Waals surface area contributed by atoms with Crippen molar-refractivity contribution in [1.82, 2.24) is 15.2 Å². The lowest BCUT2D eigenvalue weighted by molar-refractivity contribution is 0.0950. The fourth-order valence-electron chi connectivity index (χ4n) is 3.21. The highest BCUT2D eigenvalue weighted by molar-refractivity contribution is 5.91. The third-order valence-electron chi connectivity index (χ3n) is 4.78. The molecule has 0 bridgehead atoms. The Hall–Kier alpha value is -2.92. The smallest absolute Gasteiger partial charge is 0.273 e. The van der Waals surface area contributed by atoms with E-state index in [0.29, 0.717) is 30.6 Å². The highest BCUT2D eigenvalue weighted by Crippen LogP contribution is 2.18. The molecule has 2 aromatic carbocycles. The van der Waals surface area contributed by atoms with Gasteiger partial charge in [0.25, 0.3) is 5.91 Å². The number of carbonyl (C=O) groups excluding carboxylic acids is 1. The van der Waals surface area contributed by atoms with Crippen LogP contribution in [0.3, 0.4) is 0 Å². The van der Waals surface area contributed by atoms with E-state index in [1.165, 1.54) is 23.0 Å². The molecule has 0 saturated heterocycles. The summed E-state index contributed by atoms with van der Waals surface area (Å²) in [6, 6.07) is 19.1. The Morgan fingerprint density at radius 1 is 1.00 bits per heavy atom. The average Bonchev–Trinajstić information content (AvgIpc) is 3.18. The summed E-state index contributed by atoms with van der Waals surface area (Å²) >= 11 is 0. The Morgan fingerprint density at radius 2 is 1.66 bits per heavy atom. The molecular weight excluding hydrogens is 362 g/mol. The molecule has 1 N–H and O–H groups in total. The number of benzene rings is 2. The molecule has 0 unspecified atom stereocenters. The molecule has 0 aliphatic rings. The molecule has 0 aliphatic heterocycles. The van der Waals surface area contributed by atoms with Gasteiger partial charge in [-0.05, 0) is 29.5 Å². The van der Waals surface area contributed by atoms with Crippen LogP contribution in [0.5, 0.6) is 0 Å². The molecule has 3 rings (SSSR count). The van der Waals surface area contributed by atoms with Gasteiger partial charge in [0.05, 0.1) is 6.54 Å². The van der Waals surface area contributed by atoms with Crippen LogP contribution in [0.15, 0.2) is 65.3 Å². The number of amides is 1. The van der Waals surface area contributed by atoms with Gasteiger partial charge in [-0.1, -0.05) is 68.4 Å². The van der Waals surface area contributed by atoms with Crippen molar-refractivity contribution in [3.63, 3.8) is 0 Å². The van der Waals surface area contributed by atoms with E-state index >= 15 is 0 Å². The number of nitrogens with zero attached hydrogens (tertiary/aromatic N) is 2. The van der Waals surface area contributed by atoms with Crippen molar-refractivity contribution in [3.05, 3.63) is 89.1 Å². The number of nitrogens with one attached hydrogen (secondary N) is 1. The Bertz CT molecular complexity index is 901. The zero-order chi connectivity index (χ0) is 20.6. The maximum Gasteiger partial charge on any atom is 0.273 e. The minimum absolute atomic E-state index is 0.207. The van der Waals surface area contributed by atoms with Crippen molar-refractivity contribution in [2.45, 2.75) is 46.3 Å². The maximum absolute atomic E-state index is 12.0. The van der Waals surface area contributed by atoms with E-state index in [2.05, 4.69) is 65.4 Å². The van der Waals surface area contributed by atoms with Crippen molar-refractivity contribution >= 4 is 5.91 Å². The highest BCUT2D eigenvalue weighted by Gasteiger charge is 2.15. The van der Waals surface area contributed by atoms with Gasteiger partial charge < -0.3 is 9.73 Å². The van der Waals surface area contributed by atoms with E-state index in [9.17, 15) is 4.79 Å². The predicted molar refractivity (Wildman–Crippen MR) is 114 cm³/mol. The number of carbonyl (C=O) groups is 1. The zero-order valence-electron chi connectivity index (χ0n) is 17.4. The Balaban J connectivity index is 1.75. The number of aromatic nitrogens is 1. The Labute approximate surface area is 172 Å². The van der Waals surface area contributed by atoms with Crippen LogP contribution in [0.4, 0.5) is 0 Å². The second kappa shape index (κ2) is 10.0. The van der Waals surface area contributed by atoms with Gasteiger partial charge in [0.2, 0.25) is 5.89 Å². The highest BCUT2D eigenvalue weighted by atomic mass is 16.3. The van der Waals surface area contributed by atoms with Crippen molar-refractivity contribution in [2.24, 2.45) is 0 Å². The Morgan fingerprint density at radius 3 is 2.28 bits per heavy atom. The first-order chi connectivity index (χ1) is 14.0. The summed E-state index contributed by atoms with van der Waals surface area (Å²) in [6.07, 6.45) is 1.43. The lowest BCUT2D eigenvalue weighted by Gasteiger charge is -2.21. The fourth-order valence-corrected chi connectivity index (χ4v) is 3.21. The second-order valence-corrected chi connectivity index (χ2v) is 7.51. The van der Waals surface area contributed by atoms with Gasteiger partial charge in [-0.15, -0.1) is 0 Å². The van der Waals surface area contributed by atoms with E-state index < -0.39 is 0 Å². The minimum atomic E-state index is -0.207. The third kappa shape index (κ3) is 6.03. The molecule has 0 fully saturated rings. The van der Waals surface area contributed by atoms with E-state index in [-0.39, 0.29) is 5.91 Å². The molecular formula is C24H29N3O2. The SMILES string of the molecule is CCNC(=O)c1coc(CN(Cc2ccccc2)Cc2ccc(C(C)C)cc2)n1. The standard InChI is InChI=1S/C24H29N3O2/c1-4-25-24(28)22-17-29-23(26-22)16-27(14-19-8-6-5-7-9-19)15-20-10-12-21(13-11-20)18(2)3/h5-13,17-18H,4,14-16H2,1-3H3,(H,25,28). The third-order valence-corrected chi connectivity index (χ3v) is 4.78. The number of oxazole rings is 1. The van der Waals surface area contributed by atoms with Crippen LogP contribution in [0.1, 0.15) is 59.8 Å². The largest absolute Gasteiger partial charge is 0.447 e. The lowest BCUT2D eigenvalue weighted by atomic mass is 10.0. The normalized spacial score (nSPS) is 11.2. The quantitative estimate of drug-likeness (QED) is 0.572. The molecule has 0 aliphatic carbocycles. The van der Waals surface area contributed by atoms with Crippen molar-refractivity contribution in [2.75, 3.05) is 6.54 Å². The van der Waals surface area contributed by atoms with Crippen LogP contribution in [-0.4, -0.2) is 22.3 Å². The summed E-state index contributed by atoms with van der Waals surface area (Å²) in [5.41, 5.74) is 4.12. The molecule has 1 aromatic heterocycles. The summed E-state index contributed by atoms with van der Waals surface area (Å²) in [5.74, 6) is 0.854. The van der Waals surface area contributed by atoms with E-state index in [1.54, 1.807) is 0 Å². The average molecular weight is 392 g/mol. The molecule has 0 spiro atoms. The molecule has 1 heterocycles. The zero-order valence-corrected chi connectivity index (χ0v) is 17.4. The van der Waals surface area contributed by atoms with Gasteiger partial charge in [-0.2, -0.15) is 0 Å². The van der Waals surface area contributed by atoms with Gasteiger partial charge in [0.1, 0.15) is 6.26 Å².